The van der Waals surface area contributed by atoms with Crippen LogP contribution < -0.4 is 5.73 Å². The Bertz CT molecular complexity index is 615. The number of aromatic amines is 1. The molecule has 1 fully saturated rings. The molecule has 3 atom stereocenters. The summed E-state index contributed by atoms with van der Waals surface area (Å²) in [5.74, 6) is 0.607. The Morgan fingerprint density at radius 3 is 3.16 bits per heavy atom. The van der Waals surface area contributed by atoms with Gasteiger partial charge in [-0.1, -0.05) is 19.1 Å². The number of fused-ring (bicyclic) bond motifs is 2. The van der Waals surface area contributed by atoms with Crippen LogP contribution in [0.5, 0.6) is 0 Å². The molecule has 1 aromatic heterocycles. The molecule has 3 nitrogen and oxygen atoms in total. The van der Waals surface area contributed by atoms with Gasteiger partial charge >= 0.3 is 0 Å². The third-order valence-electron chi connectivity index (χ3n) is 5.01. The van der Waals surface area contributed by atoms with Gasteiger partial charge in [-0.05, 0) is 36.6 Å². The van der Waals surface area contributed by atoms with E-state index in [1.165, 1.54) is 28.5 Å². The molecule has 0 spiro atoms. The topological polar surface area (TPSA) is 45.0 Å². The smallest absolute Gasteiger partial charge is 0.0459 e. The van der Waals surface area contributed by atoms with Crippen molar-refractivity contribution in [3.05, 3.63) is 35.5 Å². The first-order chi connectivity index (χ1) is 9.28. The predicted octanol–water partition coefficient (Wildman–Crippen LogP) is 2.23. The Morgan fingerprint density at radius 2 is 2.32 bits per heavy atom. The van der Waals surface area contributed by atoms with Gasteiger partial charge in [0.15, 0.2) is 0 Å². The Balaban J connectivity index is 1.88. The molecular weight excluding hydrogens is 234 g/mol. The number of H-pyrrole nitrogens is 1. The number of hydrogen-bond donors (Lipinski definition) is 2. The van der Waals surface area contributed by atoms with Crippen LogP contribution in [0.15, 0.2) is 24.4 Å². The van der Waals surface area contributed by atoms with E-state index in [9.17, 15) is 0 Å². The van der Waals surface area contributed by atoms with Gasteiger partial charge < -0.3 is 10.7 Å². The molecule has 0 radical (unpaired) electrons. The second-order valence-corrected chi connectivity index (χ2v) is 6.05. The van der Waals surface area contributed by atoms with Crippen LogP contribution in [0.3, 0.4) is 0 Å². The number of benzene rings is 1. The van der Waals surface area contributed by atoms with Crippen molar-refractivity contribution in [2.75, 3.05) is 13.1 Å². The highest BCUT2D eigenvalue weighted by Crippen LogP contribution is 2.42. The van der Waals surface area contributed by atoms with E-state index in [1.807, 2.05) is 0 Å². The zero-order valence-corrected chi connectivity index (χ0v) is 11.4. The number of likely N-dealkylation sites (tertiary alicyclic amines) is 1. The zero-order valence-electron chi connectivity index (χ0n) is 11.4. The SMILES string of the molecule is CCN1C[C@@H](N)C[C@@H]2c3cccc4[nH]cc(c34)C[C@H]21. The molecule has 1 aromatic carbocycles. The van der Waals surface area contributed by atoms with Crippen LogP contribution in [0.1, 0.15) is 30.4 Å². The molecular formula is C16H21N3. The maximum absolute atomic E-state index is 6.28. The summed E-state index contributed by atoms with van der Waals surface area (Å²) >= 11 is 0. The van der Waals surface area contributed by atoms with Gasteiger partial charge in [0.1, 0.15) is 0 Å². The summed E-state index contributed by atoms with van der Waals surface area (Å²) in [6, 6.07) is 7.62. The Hall–Kier alpha value is -1.32. The average Bonchev–Trinajstić information content (AvgIpc) is 2.84. The number of hydrogen-bond acceptors (Lipinski definition) is 2. The maximum atomic E-state index is 6.28. The fourth-order valence-electron chi connectivity index (χ4n) is 4.20. The first kappa shape index (κ1) is 11.5. The Morgan fingerprint density at radius 1 is 1.42 bits per heavy atom. The van der Waals surface area contributed by atoms with E-state index in [0.29, 0.717) is 18.0 Å². The largest absolute Gasteiger partial charge is 0.361 e. The molecule has 1 aliphatic heterocycles. The minimum absolute atomic E-state index is 0.317. The van der Waals surface area contributed by atoms with E-state index in [0.717, 1.165) is 19.5 Å². The van der Waals surface area contributed by atoms with Crippen molar-refractivity contribution in [3.63, 3.8) is 0 Å². The fraction of sp³-hybridized carbons (Fsp3) is 0.500. The predicted molar refractivity (Wildman–Crippen MR) is 78.4 cm³/mol. The van der Waals surface area contributed by atoms with E-state index in [1.54, 1.807) is 0 Å². The number of nitrogens with zero attached hydrogens (tertiary/aromatic N) is 1. The van der Waals surface area contributed by atoms with E-state index < -0.39 is 0 Å². The lowest BCUT2D eigenvalue weighted by Gasteiger charge is -2.46. The van der Waals surface area contributed by atoms with E-state index in [4.69, 9.17) is 5.73 Å². The molecule has 0 bridgehead atoms. The minimum atomic E-state index is 0.317. The number of nitrogens with one attached hydrogen (secondary N) is 1. The lowest BCUT2D eigenvalue weighted by Crippen LogP contribution is -2.53. The van der Waals surface area contributed by atoms with Crippen LogP contribution in [0.25, 0.3) is 10.9 Å². The lowest BCUT2D eigenvalue weighted by molar-refractivity contribution is 0.117. The van der Waals surface area contributed by atoms with Crippen LogP contribution in [-0.4, -0.2) is 35.1 Å². The number of likely N-dealkylation sites (N-methyl/N-ethyl adjacent to an activating group) is 1. The number of piperidine rings is 1. The molecule has 4 rings (SSSR count). The van der Waals surface area contributed by atoms with Gasteiger partial charge in [0.25, 0.3) is 0 Å². The molecule has 2 aromatic rings. The van der Waals surface area contributed by atoms with Crippen LogP contribution in [0.4, 0.5) is 0 Å². The highest BCUT2D eigenvalue weighted by molar-refractivity contribution is 5.88. The number of aromatic nitrogens is 1. The van der Waals surface area contributed by atoms with Gasteiger partial charge in [-0.3, -0.25) is 4.90 Å². The summed E-state index contributed by atoms with van der Waals surface area (Å²) in [5, 5.41) is 1.47. The Kier molecular flexibility index (Phi) is 2.47. The standard InChI is InChI=1S/C16H21N3/c1-2-19-9-11(17)7-13-12-4-3-5-14-16(12)10(8-18-14)6-15(13)19/h3-5,8,11,13,15,18H,2,6-7,9,17H2,1H3/t11-,13+,15+/m0/s1. The quantitative estimate of drug-likeness (QED) is 0.821. The van der Waals surface area contributed by atoms with E-state index in [2.05, 4.69) is 41.2 Å². The normalized spacial score (nSPS) is 30.5. The lowest BCUT2D eigenvalue weighted by atomic mass is 9.74. The Labute approximate surface area is 113 Å². The van der Waals surface area contributed by atoms with Gasteiger partial charge in [-0.2, -0.15) is 0 Å². The van der Waals surface area contributed by atoms with Gasteiger partial charge in [-0.15, -0.1) is 0 Å². The third-order valence-corrected chi connectivity index (χ3v) is 5.01. The molecule has 0 amide bonds. The molecule has 3 N–H and O–H groups in total. The van der Waals surface area contributed by atoms with Crippen molar-refractivity contribution in [1.82, 2.24) is 9.88 Å². The molecule has 2 heterocycles. The van der Waals surface area contributed by atoms with Crippen LogP contribution in [0, 0.1) is 0 Å². The monoisotopic (exact) mass is 255 g/mol. The van der Waals surface area contributed by atoms with E-state index in [-0.39, 0.29) is 0 Å². The zero-order chi connectivity index (χ0) is 13.0. The van der Waals surface area contributed by atoms with E-state index >= 15 is 0 Å². The summed E-state index contributed by atoms with van der Waals surface area (Å²) in [6.45, 7) is 4.40. The van der Waals surface area contributed by atoms with Crippen molar-refractivity contribution in [1.29, 1.82) is 0 Å². The first-order valence-electron chi connectivity index (χ1n) is 7.36. The second kappa shape index (κ2) is 4.09. The van der Waals surface area contributed by atoms with Gasteiger partial charge in [0.2, 0.25) is 0 Å². The molecule has 0 saturated carbocycles. The molecule has 1 saturated heterocycles. The average molecular weight is 255 g/mol. The molecule has 19 heavy (non-hydrogen) atoms. The van der Waals surface area contributed by atoms with Crippen molar-refractivity contribution < 1.29 is 0 Å². The second-order valence-electron chi connectivity index (χ2n) is 6.05. The van der Waals surface area contributed by atoms with Crippen molar-refractivity contribution in [2.45, 2.75) is 37.8 Å². The van der Waals surface area contributed by atoms with Crippen LogP contribution >= 0.6 is 0 Å². The molecule has 100 valence electrons. The summed E-state index contributed by atoms with van der Waals surface area (Å²) < 4.78 is 0. The summed E-state index contributed by atoms with van der Waals surface area (Å²) in [6.07, 6.45) is 4.50. The number of nitrogens with two attached hydrogens (primary N) is 1. The molecule has 0 unspecified atom stereocenters. The van der Waals surface area contributed by atoms with Crippen LogP contribution in [0.2, 0.25) is 0 Å². The highest BCUT2D eigenvalue weighted by Gasteiger charge is 2.39. The summed E-state index contributed by atoms with van der Waals surface area (Å²) in [4.78, 5) is 6.00. The van der Waals surface area contributed by atoms with Crippen molar-refractivity contribution in [2.24, 2.45) is 5.73 Å². The molecule has 1 aliphatic carbocycles. The first-order valence-corrected chi connectivity index (χ1v) is 7.36. The van der Waals surface area contributed by atoms with Gasteiger partial charge in [-0.25, -0.2) is 0 Å². The van der Waals surface area contributed by atoms with Gasteiger partial charge in [0.05, 0.1) is 0 Å². The maximum Gasteiger partial charge on any atom is 0.0459 e. The summed E-state index contributed by atoms with van der Waals surface area (Å²) in [5.41, 5.74) is 10.6. The summed E-state index contributed by atoms with van der Waals surface area (Å²) in [7, 11) is 0. The minimum Gasteiger partial charge on any atom is -0.361 e. The van der Waals surface area contributed by atoms with Crippen molar-refractivity contribution in [3.8, 4) is 0 Å². The van der Waals surface area contributed by atoms with Gasteiger partial charge in [0, 0.05) is 41.6 Å². The van der Waals surface area contributed by atoms with Crippen molar-refractivity contribution >= 4 is 10.9 Å². The number of rotatable bonds is 1. The molecule has 2 aliphatic rings. The molecule has 3 heteroatoms. The third kappa shape index (κ3) is 1.58. The highest BCUT2D eigenvalue weighted by atomic mass is 15.2. The fourth-order valence-corrected chi connectivity index (χ4v) is 4.20. The van der Waals surface area contributed by atoms with Crippen LogP contribution in [-0.2, 0) is 6.42 Å².